The second kappa shape index (κ2) is 6.96. The summed E-state index contributed by atoms with van der Waals surface area (Å²) in [5, 5.41) is 9.05. The van der Waals surface area contributed by atoms with E-state index in [1.807, 2.05) is 13.8 Å². The molecule has 0 saturated heterocycles. The molecular weight excluding hydrogens is 296 g/mol. The van der Waals surface area contributed by atoms with Gasteiger partial charge in [-0.15, -0.1) is 11.6 Å². The first-order valence-corrected chi connectivity index (χ1v) is 8.58. The van der Waals surface area contributed by atoms with Gasteiger partial charge in [0.15, 0.2) is 0 Å². The monoisotopic (exact) mass is 314 g/mol. The minimum Gasteiger partial charge on any atom is -0.284 e. The average Bonchev–Trinajstić information content (AvgIpc) is 2.39. The summed E-state index contributed by atoms with van der Waals surface area (Å²) >= 11 is 5.52. The van der Waals surface area contributed by atoms with Crippen molar-refractivity contribution in [2.75, 3.05) is 16.4 Å². The summed E-state index contributed by atoms with van der Waals surface area (Å²) < 4.78 is 26.1. The Bertz CT molecular complexity index is 574. The molecule has 0 aliphatic carbocycles. The number of nitrogens with one attached hydrogen (secondary N) is 1. The molecule has 0 atom stereocenters. The van der Waals surface area contributed by atoms with E-state index < -0.39 is 15.4 Å². The van der Waals surface area contributed by atoms with Gasteiger partial charge in [0.1, 0.15) is 0 Å². The van der Waals surface area contributed by atoms with Crippen molar-refractivity contribution in [2.24, 2.45) is 0 Å². The number of benzene rings is 1. The molecule has 110 valence electrons. The molecule has 0 amide bonds. The second-order valence-electron chi connectivity index (χ2n) is 5.13. The molecule has 0 bridgehead atoms. The van der Waals surface area contributed by atoms with Gasteiger partial charge >= 0.3 is 0 Å². The standard InChI is InChI=1S/C14H19ClN2O2S/c1-14(2,11-16)12-5-7-13(8-6-12)17-20(18,19)10-4-3-9-15/h5-8,17H,3-4,9-10H2,1-2H3. The Kier molecular flexibility index (Phi) is 5.85. The highest BCUT2D eigenvalue weighted by molar-refractivity contribution is 7.92. The quantitative estimate of drug-likeness (QED) is 0.620. The van der Waals surface area contributed by atoms with Gasteiger partial charge in [-0.25, -0.2) is 8.42 Å². The summed E-state index contributed by atoms with van der Waals surface area (Å²) in [7, 11) is -3.33. The molecule has 0 radical (unpaired) electrons. The maximum absolute atomic E-state index is 11.8. The van der Waals surface area contributed by atoms with Crippen molar-refractivity contribution < 1.29 is 8.42 Å². The third-order valence-electron chi connectivity index (χ3n) is 2.96. The van der Waals surface area contributed by atoms with E-state index in [1.54, 1.807) is 24.3 Å². The Hall–Kier alpha value is -1.25. The highest BCUT2D eigenvalue weighted by Gasteiger charge is 2.19. The highest BCUT2D eigenvalue weighted by atomic mass is 35.5. The Morgan fingerprint density at radius 3 is 2.35 bits per heavy atom. The number of anilines is 1. The maximum Gasteiger partial charge on any atom is 0.232 e. The van der Waals surface area contributed by atoms with Crippen LogP contribution in [0, 0.1) is 11.3 Å². The fourth-order valence-electron chi connectivity index (χ4n) is 1.64. The lowest BCUT2D eigenvalue weighted by Crippen LogP contribution is -2.17. The molecule has 0 unspecified atom stereocenters. The Morgan fingerprint density at radius 1 is 1.25 bits per heavy atom. The van der Waals surface area contributed by atoms with Crippen LogP contribution in [0.4, 0.5) is 5.69 Å². The normalized spacial score (nSPS) is 11.9. The Balaban J connectivity index is 2.73. The molecule has 4 nitrogen and oxygen atoms in total. The summed E-state index contributed by atoms with van der Waals surface area (Å²) in [4.78, 5) is 0. The zero-order valence-electron chi connectivity index (χ0n) is 11.7. The van der Waals surface area contributed by atoms with Gasteiger partial charge in [0.05, 0.1) is 17.2 Å². The van der Waals surface area contributed by atoms with Gasteiger partial charge in [-0.1, -0.05) is 12.1 Å². The molecule has 1 N–H and O–H groups in total. The molecule has 1 aromatic carbocycles. The van der Waals surface area contributed by atoms with Crippen LogP contribution in [0.15, 0.2) is 24.3 Å². The van der Waals surface area contributed by atoms with Crippen molar-refractivity contribution >= 4 is 27.3 Å². The van der Waals surface area contributed by atoms with Crippen LogP contribution in [0.5, 0.6) is 0 Å². The molecular formula is C14H19ClN2O2S. The zero-order valence-corrected chi connectivity index (χ0v) is 13.3. The van der Waals surface area contributed by atoms with Crippen LogP contribution >= 0.6 is 11.6 Å². The van der Waals surface area contributed by atoms with Gasteiger partial charge in [0.2, 0.25) is 10.0 Å². The number of hydrogen-bond acceptors (Lipinski definition) is 3. The number of rotatable bonds is 7. The summed E-state index contributed by atoms with van der Waals surface area (Å²) in [6.07, 6.45) is 1.22. The molecule has 0 aromatic heterocycles. The van der Waals surface area contributed by atoms with E-state index in [0.29, 0.717) is 24.4 Å². The molecule has 0 fully saturated rings. The van der Waals surface area contributed by atoms with E-state index in [2.05, 4.69) is 10.8 Å². The van der Waals surface area contributed by atoms with Gasteiger partial charge in [-0.05, 0) is 44.4 Å². The Morgan fingerprint density at radius 2 is 1.85 bits per heavy atom. The van der Waals surface area contributed by atoms with Crippen molar-refractivity contribution in [3.05, 3.63) is 29.8 Å². The van der Waals surface area contributed by atoms with Gasteiger partial charge in [0.25, 0.3) is 0 Å². The molecule has 0 aliphatic heterocycles. The first-order valence-electron chi connectivity index (χ1n) is 6.39. The second-order valence-corrected chi connectivity index (χ2v) is 7.35. The predicted molar refractivity (Wildman–Crippen MR) is 82.4 cm³/mol. The van der Waals surface area contributed by atoms with Crippen LogP contribution in [-0.2, 0) is 15.4 Å². The predicted octanol–water partition coefficient (Wildman–Crippen LogP) is 3.25. The van der Waals surface area contributed by atoms with E-state index in [0.717, 1.165) is 5.56 Å². The van der Waals surface area contributed by atoms with Gasteiger partial charge in [0, 0.05) is 11.6 Å². The number of halogens is 1. The molecule has 0 saturated carbocycles. The number of alkyl halides is 1. The van der Waals surface area contributed by atoms with E-state index in [-0.39, 0.29) is 5.75 Å². The Labute approximate surface area is 125 Å². The summed E-state index contributed by atoms with van der Waals surface area (Å²) in [6.45, 7) is 3.64. The first kappa shape index (κ1) is 16.8. The molecule has 1 rings (SSSR count). The third-order valence-corrected chi connectivity index (χ3v) is 4.60. The third kappa shape index (κ3) is 5.03. The fourth-order valence-corrected chi connectivity index (χ4v) is 3.01. The minimum absolute atomic E-state index is 0.0607. The molecule has 20 heavy (non-hydrogen) atoms. The molecule has 6 heteroatoms. The topological polar surface area (TPSA) is 70.0 Å². The molecule has 1 aromatic rings. The molecule has 0 aliphatic rings. The summed E-state index contributed by atoms with van der Waals surface area (Å²) in [5.41, 5.74) is 0.774. The van der Waals surface area contributed by atoms with Crippen molar-refractivity contribution in [3.8, 4) is 6.07 Å². The SMILES string of the molecule is CC(C)(C#N)c1ccc(NS(=O)(=O)CCCCCl)cc1. The number of nitrogens with zero attached hydrogens (tertiary/aromatic N) is 1. The van der Waals surface area contributed by atoms with E-state index in [1.165, 1.54) is 0 Å². The van der Waals surface area contributed by atoms with E-state index in [9.17, 15) is 8.42 Å². The fraction of sp³-hybridized carbons (Fsp3) is 0.500. The zero-order chi connectivity index (χ0) is 15.2. The van der Waals surface area contributed by atoms with Gasteiger partial charge in [-0.2, -0.15) is 5.26 Å². The lowest BCUT2D eigenvalue weighted by molar-refractivity contribution is 0.598. The number of nitriles is 1. The van der Waals surface area contributed by atoms with Crippen LogP contribution in [0.1, 0.15) is 32.3 Å². The van der Waals surface area contributed by atoms with Crippen molar-refractivity contribution in [1.82, 2.24) is 0 Å². The highest BCUT2D eigenvalue weighted by Crippen LogP contribution is 2.23. The van der Waals surface area contributed by atoms with Crippen LogP contribution < -0.4 is 4.72 Å². The van der Waals surface area contributed by atoms with Crippen molar-refractivity contribution in [3.63, 3.8) is 0 Å². The van der Waals surface area contributed by atoms with Crippen LogP contribution in [0.2, 0.25) is 0 Å². The van der Waals surface area contributed by atoms with E-state index in [4.69, 9.17) is 16.9 Å². The largest absolute Gasteiger partial charge is 0.284 e. The van der Waals surface area contributed by atoms with Gasteiger partial charge in [-0.3, -0.25) is 4.72 Å². The number of unbranched alkanes of at least 4 members (excludes halogenated alkanes) is 1. The van der Waals surface area contributed by atoms with E-state index >= 15 is 0 Å². The lowest BCUT2D eigenvalue weighted by Gasteiger charge is -2.16. The van der Waals surface area contributed by atoms with Gasteiger partial charge < -0.3 is 0 Å². The lowest BCUT2D eigenvalue weighted by atomic mass is 9.86. The number of sulfonamides is 1. The summed E-state index contributed by atoms with van der Waals surface area (Å²) in [6, 6.07) is 9.08. The minimum atomic E-state index is -3.33. The van der Waals surface area contributed by atoms with Crippen molar-refractivity contribution in [1.29, 1.82) is 5.26 Å². The van der Waals surface area contributed by atoms with Crippen LogP contribution in [0.3, 0.4) is 0 Å². The number of hydrogen-bond donors (Lipinski definition) is 1. The first-order chi connectivity index (χ1) is 9.30. The average molecular weight is 315 g/mol. The maximum atomic E-state index is 11.8. The summed E-state index contributed by atoms with van der Waals surface area (Å²) in [5.74, 6) is 0.526. The van der Waals surface area contributed by atoms with Crippen LogP contribution in [-0.4, -0.2) is 20.1 Å². The molecule has 0 heterocycles. The molecule has 0 spiro atoms. The van der Waals surface area contributed by atoms with Crippen molar-refractivity contribution in [2.45, 2.75) is 32.1 Å². The van der Waals surface area contributed by atoms with Crippen LogP contribution in [0.25, 0.3) is 0 Å². The smallest absolute Gasteiger partial charge is 0.232 e.